The number of ether oxygens (including phenoxy) is 1. The normalized spacial score (nSPS) is 29.0. The van der Waals surface area contributed by atoms with E-state index in [9.17, 15) is 0 Å². The van der Waals surface area contributed by atoms with E-state index in [1.54, 1.807) is 7.11 Å². The van der Waals surface area contributed by atoms with Crippen LogP contribution >= 0.6 is 0 Å². The van der Waals surface area contributed by atoms with Crippen molar-refractivity contribution in [1.29, 1.82) is 0 Å². The van der Waals surface area contributed by atoms with E-state index in [4.69, 9.17) is 10.5 Å². The fourth-order valence-electron chi connectivity index (χ4n) is 3.05. The third kappa shape index (κ3) is 2.16. The van der Waals surface area contributed by atoms with Crippen LogP contribution in [-0.2, 0) is 5.54 Å². The molecule has 0 aliphatic heterocycles. The first-order valence-corrected chi connectivity index (χ1v) is 6.50. The van der Waals surface area contributed by atoms with Crippen molar-refractivity contribution in [2.45, 2.75) is 44.6 Å². The van der Waals surface area contributed by atoms with Crippen LogP contribution in [0.25, 0.3) is 0 Å². The molecule has 1 heterocycles. The van der Waals surface area contributed by atoms with Crippen LogP contribution < -0.4 is 10.5 Å². The second kappa shape index (κ2) is 5.05. The zero-order chi connectivity index (χ0) is 12.3. The molecule has 0 radical (unpaired) electrons. The molecule has 1 fully saturated rings. The zero-order valence-corrected chi connectivity index (χ0v) is 10.8. The number of pyridine rings is 1. The molecule has 0 saturated heterocycles. The molecular formula is C14H22N2O. The van der Waals surface area contributed by atoms with Gasteiger partial charge >= 0.3 is 0 Å². The Bertz CT molecular complexity index is 380. The third-order valence-electron chi connectivity index (χ3n) is 4.05. The Kier molecular flexibility index (Phi) is 3.67. The quantitative estimate of drug-likeness (QED) is 0.874. The molecule has 1 aromatic rings. The summed E-state index contributed by atoms with van der Waals surface area (Å²) < 4.78 is 5.41. The van der Waals surface area contributed by atoms with Crippen LogP contribution in [0.4, 0.5) is 0 Å². The fraction of sp³-hybridized carbons (Fsp3) is 0.643. The van der Waals surface area contributed by atoms with Gasteiger partial charge in [-0.05, 0) is 30.9 Å². The lowest BCUT2D eigenvalue weighted by molar-refractivity contribution is 0.174. The monoisotopic (exact) mass is 234 g/mol. The molecule has 2 rings (SSSR count). The second-order valence-electron chi connectivity index (χ2n) is 4.95. The number of nitrogens with zero attached hydrogens (tertiary/aromatic N) is 1. The van der Waals surface area contributed by atoms with Crippen molar-refractivity contribution in [3.8, 4) is 5.75 Å². The maximum Gasteiger partial charge on any atom is 0.142 e. The molecular weight excluding hydrogens is 212 g/mol. The lowest BCUT2D eigenvalue weighted by atomic mass is 9.70. The summed E-state index contributed by atoms with van der Waals surface area (Å²) in [6, 6.07) is 3.85. The minimum atomic E-state index is -0.306. The lowest BCUT2D eigenvalue weighted by Crippen LogP contribution is -2.47. The van der Waals surface area contributed by atoms with Gasteiger partial charge in [0.15, 0.2) is 0 Å². The minimum absolute atomic E-state index is 0.306. The number of hydrogen-bond donors (Lipinski definition) is 1. The summed E-state index contributed by atoms with van der Waals surface area (Å²) in [5, 5.41) is 0. The van der Waals surface area contributed by atoms with E-state index in [1.165, 1.54) is 19.3 Å². The topological polar surface area (TPSA) is 48.1 Å². The molecule has 1 aliphatic carbocycles. The van der Waals surface area contributed by atoms with Gasteiger partial charge in [0.2, 0.25) is 0 Å². The highest BCUT2D eigenvalue weighted by molar-refractivity contribution is 5.34. The molecule has 1 aromatic heterocycles. The average Bonchev–Trinajstić information content (AvgIpc) is 2.39. The molecule has 3 nitrogen and oxygen atoms in total. The largest absolute Gasteiger partial charge is 0.495 e. The van der Waals surface area contributed by atoms with Gasteiger partial charge in [-0.1, -0.05) is 26.2 Å². The summed E-state index contributed by atoms with van der Waals surface area (Å²) in [6.07, 6.45) is 7.61. The SMILES string of the molecule is CCC1CCCCC1(N)c1ncccc1OC. The Hall–Kier alpha value is -1.09. The van der Waals surface area contributed by atoms with Gasteiger partial charge in [0, 0.05) is 6.20 Å². The molecule has 0 amide bonds. The van der Waals surface area contributed by atoms with Gasteiger partial charge in [-0.25, -0.2) is 0 Å². The van der Waals surface area contributed by atoms with Gasteiger partial charge in [0.25, 0.3) is 0 Å². The summed E-state index contributed by atoms with van der Waals surface area (Å²) in [7, 11) is 1.69. The van der Waals surface area contributed by atoms with E-state index in [-0.39, 0.29) is 5.54 Å². The molecule has 94 valence electrons. The van der Waals surface area contributed by atoms with Gasteiger partial charge in [-0.2, -0.15) is 0 Å². The van der Waals surface area contributed by atoms with E-state index < -0.39 is 0 Å². The zero-order valence-electron chi connectivity index (χ0n) is 10.8. The van der Waals surface area contributed by atoms with Gasteiger partial charge in [0.05, 0.1) is 12.6 Å². The number of hydrogen-bond acceptors (Lipinski definition) is 3. The van der Waals surface area contributed by atoms with Crippen molar-refractivity contribution < 1.29 is 4.74 Å². The van der Waals surface area contributed by atoms with Crippen LogP contribution in [0.1, 0.15) is 44.7 Å². The molecule has 17 heavy (non-hydrogen) atoms. The molecule has 0 bridgehead atoms. The van der Waals surface area contributed by atoms with Crippen LogP contribution in [0.5, 0.6) is 5.75 Å². The fourth-order valence-corrected chi connectivity index (χ4v) is 3.05. The number of rotatable bonds is 3. The minimum Gasteiger partial charge on any atom is -0.495 e. The Balaban J connectivity index is 2.41. The molecule has 3 heteroatoms. The van der Waals surface area contributed by atoms with Gasteiger partial charge in [-0.3, -0.25) is 4.98 Å². The number of methoxy groups -OCH3 is 1. The summed E-state index contributed by atoms with van der Waals surface area (Å²) >= 11 is 0. The van der Waals surface area contributed by atoms with Crippen molar-refractivity contribution in [2.24, 2.45) is 11.7 Å². The van der Waals surface area contributed by atoms with Crippen LogP contribution in [0.3, 0.4) is 0 Å². The Morgan fingerprint density at radius 2 is 2.35 bits per heavy atom. The van der Waals surface area contributed by atoms with Crippen molar-refractivity contribution in [2.75, 3.05) is 7.11 Å². The van der Waals surface area contributed by atoms with E-state index in [0.29, 0.717) is 5.92 Å². The number of aromatic nitrogens is 1. The Morgan fingerprint density at radius 3 is 3.06 bits per heavy atom. The van der Waals surface area contributed by atoms with Crippen LogP contribution in [-0.4, -0.2) is 12.1 Å². The Morgan fingerprint density at radius 1 is 1.53 bits per heavy atom. The lowest BCUT2D eigenvalue weighted by Gasteiger charge is -2.41. The summed E-state index contributed by atoms with van der Waals surface area (Å²) in [5.41, 5.74) is 7.30. The van der Waals surface area contributed by atoms with Gasteiger partial charge in [-0.15, -0.1) is 0 Å². The molecule has 1 saturated carbocycles. The molecule has 0 spiro atoms. The molecule has 2 atom stereocenters. The highest BCUT2D eigenvalue weighted by atomic mass is 16.5. The van der Waals surface area contributed by atoms with Gasteiger partial charge < -0.3 is 10.5 Å². The maximum atomic E-state index is 6.67. The van der Waals surface area contributed by atoms with E-state index in [1.807, 2.05) is 18.3 Å². The predicted octanol–water partition coefficient (Wildman–Crippen LogP) is 2.84. The Labute approximate surface area is 103 Å². The first-order valence-electron chi connectivity index (χ1n) is 6.50. The van der Waals surface area contributed by atoms with Crippen LogP contribution in [0.15, 0.2) is 18.3 Å². The highest BCUT2D eigenvalue weighted by Gasteiger charge is 2.40. The van der Waals surface area contributed by atoms with E-state index >= 15 is 0 Å². The van der Waals surface area contributed by atoms with Crippen LogP contribution in [0.2, 0.25) is 0 Å². The molecule has 0 aromatic carbocycles. The molecule has 1 aliphatic rings. The van der Waals surface area contributed by atoms with E-state index in [2.05, 4.69) is 11.9 Å². The van der Waals surface area contributed by atoms with Crippen LogP contribution in [0, 0.1) is 5.92 Å². The number of nitrogens with two attached hydrogens (primary N) is 1. The summed E-state index contributed by atoms with van der Waals surface area (Å²) in [4.78, 5) is 4.49. The summed E-state index contributed by atoms with van der Waals surface area (Å²) in [6.45, 7) is 2.22. The van der Waals surface area contributed by atoms with Crippen molar-refractivity contribution in [3.05, 3.63) is 24.0 Å². The van der Waals surface area contributed by atoms with E-state index in [0.717, 1.165) is 24.3 Å². The predicted molar refractivity (Wildman–Crippen MR) is 68.9 cm³/mol. The first kappa shape index (κ1) is 12.4. The summed E-state index contributed by atoms with van der Waals surface area (Å²) in [5.74, 6) is 1.34. The standard InChI is InChI=1S/C14H22N2O/c1-3-11-7-4-5-9-14(11,15)13-12(17-2)8-6-10-16-13/h6,8,10-11H,3-5,7,9,15H2,1-2H3. The highest BCUT2D eigenvalue weighted by Crippen LogP contribution is 2.43. The maximum absolute atomic E-state index is 6.67. The molecule has 2 N–H and O–H groups in total. The van der Waals surface area contributed by atoms with Crippen molar-refractivity contribution >= 4 is 0 Å². The first-order chi connectivity index (χ1) is 8.22. The average molecular weight is 234 g/mol. The van der Waals surface area contributed by atoms with Crippen molar-refractivity contribution in [1.82, 2.24) is 4.98 Å². The van der Waals surface area contributed by atoms with Crippen molar-refractivity contribution in [3.63, 3.8) is 0 Å². The third-order valence-corrected chi connectivity index (χ3v) is 4.05. The molecule has 2 unspecified atom stereocenters. The smallest absolute Gasteiger partial charge is 0.142 e. The van der Waals surface area contributed by atoms with Gasteiger partial charge in [0.1, 0.15) is 11.4 Å². The second-order valence-corrected chi connectivity index (χ2v) is 4.95.